The summed E-state index contributed by atoms with van der Waals surface area (Å²) in [6.45, 7) is 0.541. The molecule has 0 aliphatic carbocycles. The number of ether oxygens (including phenoxy) is 1. The highest BCUT2D eigenvalue weighted by Crippen LogP contribution is 2.27. The van der Waals surface area contributed by atoms with Gasteiger partial charge in [0.2, 0.25) is 11.0 Å². The van der Waals surface area contributed by atoms with Crippen LogP contribution in [0.1, 0.15) is 23.2 Å². The fraction of sp³-hybridized carbons (Fsp3) is 0.238. The number of carbonyl (C=O) groups excluding carboxylic acids is 2. The molecule has 1 aromatic heterocycles. The number of nitrogens with one attached hydrogen (secondary N) is 1. The Kier molecular flexibility index (Phi) is 5.53. The van der Waals surface area contributed by atoms with Crippen molar-refractivity contribution in [3.05, 3.63) is 60.2 Å². The Balaban J connectivity index is 1.47. The predicted octanol–water partition coefficient (Wildman–Crippen LogP) is 3.46. The second-order valence-corrected chi connectivity index (χ2v) is 7.63. The number of nitrogens with zero attached hydrogens (tertiary/aromatic N) is 3. The Hall–Kier alpha value is -3.26. The van der Waals surface area contributed by atoms with Crippen LogP contribution in [0.15, 0.2) is 54.6 Å². The maximum absolute atomic E-state index is 12.9. The van der Waals surface area contributed by atoms with Gasteiger partial charge in [0.25, 0.3) is 5.91 Å². The summed E-state index contributed by atoms with van der Waals surface area (Å²) in [5.41, 5.74) is 1.45. The quantitative estimate of drug-likeness (QED) is 0.699. The van der Waals surface area contributed by atoms with Crippen LogP contribution in [0.2, 0.25) is 0 Å². The molecule has 2 aromatic carbocycles. The molecule has 2 amide bonds. The summed E-state index contributed by atoms with van der Waals surface area (Å²) in [6, 6.07) is 16.1. The molecule has 2 heterocycles. The molecule has 8 heteroatoms. The van der Waals surface area contributed by atoms with E-state index >= 15 is 0 Å². The summed E-state index contributed by atoms with van der Waals surface area (Å²) in [6.07, 6.45) is 1.39. The van der Waals surface area contributed by atoms with E-state index in [1.165, 1.54) is 11.3 Å². The number of hydrogen-bond acceptors (Lipinski definition) is 6. The molecule has 4 rings (SSSR count). The van der Waals surface area contributed by atoms with Crippen molar-refractivity contribution in [2.75, 3.05) is 19.0 Å². The van der Waals surface area contributed by atoms with Crippen molar-refractivity contribution in [2.45, 2.75) is 18.9 Å². The Morgan fingerprint density at radius 3 is 2.76 bits per heavy atom. The van der Waals surface area contributed by atoms with Crippen LogP contribution in [0, 0.1) is 0 Å². The van der Waals surface area contributed by atoms with Crippen molar-refractivity contribution in [1.29, 1.82) is 0 Å². The number of anilines is 1. The van der Waals surface area contributed by atoms with Crippen LogP contribution in [-0.2, 0) is 4.79 Å². The summed E-state index contributed by atoms with van der Waals surface area (Å²) in [5.74, 6) is 0.191. The first kappa shape index (κ1) is 19.1. The largest absolute Gasteiger partial charge is 0.497 e. The molecular weight excluding hydrogens is 388 g/mol. The third kappa shape index (κ3) is 4.12. The van der Waals surface area contributed by atoms with Crippen molar-refractivity contribution in [2.24, 2.45) is 0 Å². The lowest BCUT2D eigenvalue weighted by molar-refractivity contribution is -0.119. The van der Waals surface area contributed by atoms with Crippen molar-refractivity contribution in [3.63, 3.8) is 0 Å². The zero-order valence-electron chi connectivity index (χ0n) is 15.9. The molecular formula is C21H20N4O3S. The molecule has 1 fully saturated rings. The van der Waals surface area contributed by atoms with Crippen LogP contribution in [0.25, 0.3) is 10.6 Å². The minimum absolute atomic E-state index is 0.177. The normalized spacial score (nSPS) is 15.9. The first-order valence-electron chi connectivity index (χ1n) is 9.30. The van der Waals surface area contributed by atoms with Crippen LogP contribution in [0.4, 0.5) is 5.13 Å². The maximum atomic E-state index is 12.9. The van der Waals surface area contributed by atoms with Crippen molar-refractivity contribution >= 4 is 28.3 Å². The Labute approximate surface area is 172 Å². The third-order valence-corrected chi connectivity index (χ3v) is 5.70. The van der Waals surface area contributed by atoms with Gasteiger partial charge in [0.15, 0.2) is 0 Å². The molecule has 0 saturated carbocycles. The summed E-state index contributed by atoms with van der Waals surface area (Å²) in [5, 5.41) is 12.2. The minimum Gasteiger partial charge on any atom is -0.497 e. The molecule has 0 spiro atoms. The van der Waals surface area contributed by atoms with Gasteiger partial charge in [0.1, 0.15) is 16.8 Å². The van der Waals surface area contributed by atoms with Gasteiger partial charge in [-0.2, -0.15) is 0 Å². The van der Waals surface area contributed by atoms with Crippen molar-refractivity contribution in [1.82, 2.24) is 15.1 Å². The van der Waals surface area contributed by atoms with E-state index in [1.807, 2.05) is 30.3 Å². The Bertz CT molecular complexity index is 1020. The van der Waals surface area contributed by atoms with Gasteiger partial charge >= 0.3 is 0 Å². The Morgan fingerprint density at radius 2 is 1.97 bits per heavy atom. The lowest BCUT2D eigenvalue weighted by atomic mass is 10.1. The predicted molar refractivity (Wildman–Crippen MR) is 111 cm³/mol. The third-order valence-electron chi connectivity index (χ3n) is 4.81. The van der Waals surface area contributed by atoms with Crippen LogP contribution < -0.4 is 10.1 Å². The molecule has 1 aliphatic rings. The van der Waals surface area contributed by atoms with Gasteiger partial charge in [-0.15, -0.1) is 10.2 Å². The lowest BCUT2D eigenvalue weighted by Gasteiger charge is -2.23. The second kappa shape index (κ2) is 8.40. The van der Waals surface area contributed by atoms with Crippen LogP contribution in [-0.4, -0.2) is 46.6 Å². The first-order chi connectivity index (χ1) is 14.2. The van der Waals surface area contributed by atoms with Gasteiger partial charge in [-0.05, 0) is 31.0 Å². The van der Waals surface area contributed by atoms with Crippen LogP contribution in [0.5, 0.6) is 5.75 Å². The summed E-state index contributed by atoms with van der Waals surface area (Å²) < 4.78 is 5.20. The topological polar surface area (TPSA) is 84.4 Å². The van der Waals surface area contributed by atoms with E-state index in [0.717, 1.165) is 17.0 Å². The summed E-state index contributed by atoms with van der Waals surface area (Å²) in [7, 11) is 1.56. The average molecular weight is 408 g/mol. The molecule has 1 N–H and O–H groups in total. The van der Waals surface area contributed by atoms with Gasteiger partial charge in [-0.25, -0.2) is 0 Å². The zero-order valence-corrected chi connectivity index (χ0v) is 16.7. The highest BCUT2D eigenvalue weighted by Gasteiger charge is 2.35. The van der Waals surface area contributed by atoms with Gasteiger partial charge in [-0.3, -0.25) is 14.9 Å². The summed E-state index contributed by atoms with van der Waals surface area (Å²) >= 11 is 1.31. The standard InChI is InChI=1S/C21H20N4O3S/c1-28-16-10-5-9-15(13-16)20(27)25-12-6-11-17(25)18(26)22-21-24-23-19(29-21)14-7-3-2-4-8-14/h2-5,7-10,13,17H,6,11-12H2,1H3,(H,22,24,26)/t17-/m1/s1. The molecule has 1 saturated heterocycles. The molecule has 3 aromatic rings. The highest BCUT2D eigenvalue weighted by atomic mass is 32.1. The molecule has 148 valence electrons. The van der Waals surface area contributed by atoms with Crippen molar-refractivity contribution < 1.29 is 14.3 Å². The SMILES string of the molecule is COc1cccc(C(=O)N2CCC[C@@H]2C(=O)Nc2nnc(-c3ccccc3)s2)c1. The Morgan fingerprint density at radius 1 is 1.14 bits per heavy atom. The highest BCUT2D eigenvalue weighted by molar-refractivity contribution is 7.18. The fourth-order valence-electron chi connectivity index (χ4n) is 3.36. The fourth-order valence-corrected chi connectivity index (χ4v) is 4.12. The number of amides is 2. The average Bonchev–Trinajstić information content (AvgIpc) is 3.44. The minimum atomic E-state index is -0.530. The molecule has 0 unspecified atom stereocenters. The first-order valence-corrected chi connectivity index (χ1v) is 10.1. The number of aromatic nitrogens is 2. The molecule has 7 nitrogen and oxygen atoms in total. The van der Waals surface area contributed by atoms with Gasteiger partial charge < -0.3 is 9.64 Å². The molecule has 29 heavy (non-hydrogen) atoms. The van der Waals surface area contributed by atoms with Crippen LogP contribution >= 0.6 is 11.3 Å². The number of hydrogen-bond donors (Lipinski definition) is 1. The monoisotopic (exact) mass is 408 g/mol. The number of likely N-dealkylation sites (tertiary alicyclic amines) is 1. The lowest BCUT2D eigenvalue weighted by Crippen LogP contribution is -2.43. The smallest absolute Gasteiger partial charge is 0.254 e. The van der Waals surface area contributed by atoms with E-state index in [-0.39, 0.29) is 11.8 Å². The number of rotatable bonds is 5. The van der Waals surface area contributed by atoms with Gasteiger partial charge in [-0.1, -0.05) is 47.7 Å². The van der Waals surface area contributed by atoms with Crippen LogP contribution in [0.3, 0.4) is 0 Å². The van der Waals surface area contributed by atoms with E-state index in [4.69, 9.17) is 4.74 Å². The summed E-state index contributed by atoms with van der Waals surface area (Å²) in [4.78, 5) is 27.4. The van der Waals surface area contributed by atoms with E-state index in [0.29, 0.717) is 29.4 Å². The molecule has 0 radical (unpaired) electrons. The van der Waals surface area contributed by atoms with Gasteiger partial charge in [0, 0.05) is 17.7 Å². The number of benzene rings is 2. The van der Waals surface area contributed by atoms with E-state index in [2.05, 4.69) is 15.5 Å². The second-order valence-electron chi connectivity index (χ2n) is 6.66. The molecule has 0 bridgehead atoms. The maximum Gasteiger partial charge on any atom is 0.254 e. The van der Waals surface area contributed by atoms with E-state index in [9.17, 15) is 9.59 Å². The molecule has 1 atom stereocenters. The van der Waals surface area contributed by atoms with E-state index < -0.39 is 6.04 Å². The van der Waals surface area contributed by atoms with Crippen molar-refractivity contribution in [3.8, 4) is 16.3 Å². The van der Waals surface area contributed by atoms with Gasteiger partial charge in [0.05, 0.1) is 7.11 Å². The number of carbonyl (C=O) groups is 2. The molecule has 1 aliphatic heterocycles. The number of methoxy groups -OCH3 is 1. The zero-order chi connectivity index (χ0) is 20.2. The van der Waals surface area contributed by atoms with E-state index in [1.54, 1.807) is 36.3 Å².